The molecular weight excluding hydrogens is 314 g/mol. The number of carbonyl (C=O) groups is 1. The van der Waals surface area contributed by atoms with E-state index in [2.05, 4.69) is 9.88 Å². The third kappa shape index (κ3) is 4.74. The number of nitrogens with zero attached hydrogens (tertiary/aromatic N) is 3. The summed E-state index contributed by atoms with van der Waals surface area (Å²) in [5, 5.41) is 0.695. The molecule has 0 N–H and O–H groups in total. The lowest BCUT2D eigenvalue weighted by atomic mass is 10.0. The van der Waals surface area contributed by atoms with E-state index in [4.69, 9.17) is 16.3 Å². The number of rotatable bonds is 3. The summed E-state index contributed by atoms with van der Waals surface area (Å²) in [6, 6.07) is 1.92. The first-order chi connectivity index (χ1) is 10.8. The molecule has 5 nitrogen and oxygen atoms in total. The van der Waals surface area contributed by atoms with Crippen LogP contribution in [0.2, 0.25) is 5.02 Å². The van der Waals surface area contributed by atoms with Crippen LogP contribution < -0.4 is 4.90 Å². The van der Waals surface area contributed by atoms with Crippen molar-refractivity contribution < 1.29 is 9.53 Å². The van der Waals surface area contributed by atoms with E-state index < -0.39 is 5.60 Å². The number of pyridine rings is 1. The van der Waals surface area contributed by atoms with E-state index in [9.17, 15) is 4.79 Å². The number of carbonyl (C=O) groups excluding carboxylic acids is 1. The van der Waals surface area contributed by atoms with E-state index in [0.29, 0.717) is 11.6 Å². The van der Waals surface area contributed by atoms with Gasteiger partial charge in [-0.1, -0.05) is 11.6 Å². The van der Waals surface area contributed by atoms with Crippen molar-refractivity contribution in [2.75, 3.05) is 24.5 Å². The number of piperidine rings is 1. The molecule has 0 bridgehead atoms. The number of halogens is 1. The zero-order chi connectivity index (χ0) is 17.0. The number of amides is 1. The Bertz CT molecular complexity index is 545. The third-order valence-electron chi connectivity index (χ3n) is 3.90. The molecule has 23 heavy (non-hydrogen) atoms. The molecule has 1 aliphatic rings. The molecule has 6 heteroatoms. The first kappa shape index (κ1) is 17.9. The van der Waals surface area contributed by atoms with Crippen molar-refractivity contribution in [3.63, 3.8) is 0 Å². The molecule has 2 heterocycles. The fourth-order valence-electron chi connectivity index (χ4n) is 2.89. The maximum absolute atomic E-state index is 12.4. The summed E-state index contributed by atoms with van der Waals surface area (Å²) < 4.78 is 5.54. The van der Waals surface area contributed by atoms with Gasteiger partial charge >= 0.3 is 6.09 Å². The van der Waals surface area contributed by atoms with Crippen LogP contribution in [0.1, 0.15) is 40.5 Å². The van der Waals surface area contributed by atoms with E-state index in [1.54, 1.807) is 18.5 Å². The molecule has 1 aromatic rings. The van der Waals surface area contributed by atoms with Crippen molar-refractivity contribution >= 4 is 23.4 Å². The molecule has 0 spiro atoms. The Kier molecular flexibility index (Phi) is 5.74. The maximum Gasteiger partial charge on any atom is 0.410 e. The van der Waals surface area contributed by atoms with Crippen LogP contribution in [-0.2, 0) is 4.74 Å². The Hall–Kier alpha value is -1.49. The molecule has 1 fully saturated rings. The summed E-state index contributed by atoms with van der Waals surface area (Å²) in [4.78, 5) is 20.6. The van der Waals surface area contributed by atoms with Gasteiger partial charge in [0, 0.05) is 25.8 Å². The van der Waals surface area contributed by atoms with Crippen molar-refractivity contribution in [1.29, 1.82) is 0 Å². The normalized spacial score (nSPS) is 18.7. The minimum absolute atomic E-state index is 0.125. The summed E-state index contributed by atoms with van der Waals surface area (Å²) in [6.45, 7) is 9.96. The summed E-state index contributed by atoms with van der Waals surface area (Å²) in [6.07, 6.45) is 5.21. The molecule has 1 aromatic heterocycles. The van der Waals surface area contributed by atoms with Gasteiger partial charge in [0.25, 0.3) is 0 Å². The van der Waals surface area contributed by atoms with Crippen LogP contribution in [0.4, 0.5) is 10.5 Å². The average molecular weight is 340 g/mol. The van der Waals surface area contributed by atoms with Crippen molar-refractivity contribution in [2.45, 2.75) is 52.2 Å². The van der Waals surface area contributed by atoms with E-state index >= 15 is 0 Å². The predicted molar refractivity (Wildman–Crippen MR) is 93.1 cm³/mol. The molecule has 1 amide bonds. The maximum atomic E-state index is 12.4. The number of hydrogen-bond acceptors (Lipinski definition) is 4. The van der Waals surface area contributed by atoms with Crippen LogP contribution >= 0.6 is 11.6 Å². The van der Waals surface area contributed by atoms with E-state index in [1.807, 2.05) is 32.6 Å². The van der Waals surface area contributed by atoms with Crippen LogP contribution in [0.3, 0.4) is 0 Å². The summed E-state index contributed by atoms with van der Waals surface area (Å²) >= 11 is 6.28. The summed E-state index contributed by atoms with van der Waals surface area (Å²) in [7, 11) is 0. The van der Waals surface area contributed by atoms with Gasteiger partial charge in [0.1, 0.15) is 5.60 Å². The second kappa shape index (κ2) is 7.39. The van der Waals surface area contributed by atoms with Gasteiger partial charge in [0.2, 0.25) is 0 Å². The zero-order valence-corrected chi connectivity index (χ0v) is 15.1. The average Bonchev–Trinajstić information content (AvgIpc) is 2.47. The number of aromatic nitrogens is 1. The Morgan fingerprint density at radius 1 is 1.52 bits per heavy atom. The molecule has 0 aromatic carbocycles. The van der Waals surface area contributed by atoms with Crippen molar-refractivity contribution in [2.24, 2.45) is 0 Å². The van der Waals surface area contributed by atoms with E-state index in [1.165, 1.54) is 0 Å². The highest BCUT2D eigenvalue weighted by Gasteiger charge is 2.31. The van der Waals surface area contributed by atoms with Crippen molar-refractivity contribution in [3.8, 4) is 0 Å². The number of ether oxygens (including phenoxy) is 1. The lowest BCUT2D eigenvalue weighted by Crippen LogP contribution is -2.51. The lowest BCUT2D eigenvalue weighted by molar-refractivity contribution is 0.0159. The molecule has 0 radical (unpaired) electrons. The highest BCUT2D eigenvalue weighted by molar-refractivity contribution is 6.33. The molecule has 1 unspecified atom stereocenters. The van der Waals surface area contributed by atoms with Gasteiger partial charge in [-0.05, 0) is 46.6 Å². The van der Waals surface area contributed by atoms with Gasteiger partial charge in [0.05, 0.1) is 22.9 Å². The molecule has 2 rings (SSSR count). The van der Waals surface area contributed by atoms with Crippen molar-refractivity contribution in [3.05, 3.63) is 23.5 Å². The lowest BCUT2D eigenvalue weighted by Gasteiger charge is -2.40. The van der Waals surface area contributed by atoms with E-state index in [0.717, 1.165) is 31.6 Å². The second-order valence-corrected chi connectivity index (χ2v) is 7.24. The number of anilines is 1. The van der Waals surface area contributed by atoms with Gasteiger partial charge in [-0.3, -0.25) is 4.98 Å². The molecule has 0 aliphatic carbocycles. The first-order valence-corrected chi connectivity index (χ1v) is 8.53. The van der Waals surface area contributed by atoms with Crippen molar-refractivity contribution in [1.82, 2.24) is 9.88 Å². The summed E-state index contributed by atoms with van der Waals surface area (Å²) in [5.74, 6) is 0. The Morgan fingerprint density at radius 3 is 2.87 bits per heavy atom. The Balaban J connectivity index is 2.10. The number of likely N-dealkylation sites (N-methyl/N-ethyl adjacent to an activating group) is 1. The van der Waals surface area contributed by atoms with E-state index in [-0.39, 0.29) is 12.1 Å². The molecule has 1 aliphatic heterocycles. The fraction of sp³-hybridized carbons (Fsp3) is 0.647. The van der Waals surface area contributed by atoms with Crippen LogP contribution in [0, 0.1) is 0 Å². The van der Waals surface area contributed by atoms with Crippen LogP contribution in [0.25, 0.3) is 0 Å². The molecular formula is C17H26ClN3O2. The highest BCUT2D eigenvalue weighted by atomic mass is 35.5. The SMILES string of the molecule is CCN(C(=O)OC(C)(C)C)C1CCCN(c2cnccc2Cl)C1. The van der Waals surface area contributed by atoms with Crippen LogP contribution in [0.15, 0.2) is 18.5 Å². The molecule has 0 saturated carbocycles. The topological polar surface area (TPSA) is 45.7 Å². The quantitative estimate of drug-likeness (QED) is 0.836. The minimum atomic E-state index is -0.481. The smallest absolute Gasteiger partial charge is 0.410 e. The van der Waals surface area contributed by atoms with Gasteiger partial charge in [-0.2, -0.15) is 0 Å². The largest absolute Gasteiger partial charge is 0.444 e. The fourth-order valence-corrected chi connectivity index (χ4v) is 3.11. The van der Waals surface area contributed by atoms with Crippen LogP contribution in [-0.4, -0.2) is 47.3 Å². The molecule has 1 saturated heterocycles. The second-order valence-electron chi connectivity index (χ2n) is 6.84. The predicted octanol–water partition coefficient (Wildman–Crippen LogP) is 3.96. The Morgan fingerprint density at radius 2 is 2.26 bits per heavy atom. The highest BCUT2D eigenvalue weighted by Crippen LogP contribution is 2.28. The molecule has 1 atom stereocenters. The molecule has 128 valence electrons. The third-order valence-corrected chi connectivity index (χ3v) is 4.21. The monoisotopic (exact) mass is 339 g/mol. The first-order valence-electron chi connectivity index (χ1n) is 8.16. The van der Waals surface area contributed by atoms with Crippen LogP contribution in [0.5, 0.6) is 0 Å². The van der Waals surface area contributed by atoms with Gasteiger partial charge in [-0.15, -0.1) is 0 Å². The van der Waals surface area contributed by atoms with Gasteiger partial charge in [-0.25, -0.2) is 4.79 Å². The minimum Gasteiger partial charge on any atom is -0.444 e. The zero-order valence-electron chi connectivity index (χ0n) is 14.4. The Labute approximate surface area is 143 Å². The van der Waals surface area contributed by atoms with Gasteiger partial charge in [0.15, 0.2) is 0 Å². The van der Waals surface area contributed by atoms with Gasteiger partial charge < -0.3 is 14.5 Å². The standard InChI is InChI=1S/C17H26ClN3O2/c1-5-21(16(22)23-17(2,3)4)13-7-6-10-20(12-13)15-11-19-9-8-14(15)18/h8-9,11,13H,5-7,10,12H2,1-4H3. The number of hydrogen-bond donors (Lipinski definition) is 0. The summed E-state index contributed by atoms with van der Waals surface area (Å²) in [5.41, 5.74) is 0.449.